The molecule has 2 aromatic heterocycles. The van der Waals surface area contributed by atoms with Crippen molar-refractivity contribution in [3.05, 3.63) is 30.5 Å². The summed E-state index contributed by atoms with van der Waals surface area (Å²) >= 11 is 0. The van der Waals surface area contributed by atoms with E-state index in [4.69, 9.17) is 11.5 Å². The Morgan fingerprint density at radius 2 is 1.92 bits per heavy atom. The lowest BCUT2D eigenvalue weighted by Crippen LogP contribution is -2.15. The molecule has 2 heterocycles. The number of hydrogen-bond acceptors (Lipinski definition) is 8. The Morgan fingerprint density at radius 3 is 2.62 bits per heavy atom. The SMILES string of the molecule is CN(c1cccc(P(=O)(O)O)c1)c1cnc2nc(N)nc(N)c2n1. The first-order chi connectivity index (χ1) is 11.3. The average molecular weight is 347 g/mol. The zero-order valence-electron chi connectivity index (χ0n) is 12.5. The molecule has 0 radical (unpaired) electrons. The Morgan fingerprint density at radius 1 is 1.17 bits per heavy atom. The highest BCUT2D eigenvalue weighted by atomic mass is 31.2. The van der Waals surface area contributed by atoms with Crippen molar-refractivity contribution in [1.82, 2.24) is 19.9 Å². The van der Waals surface area contributed by atoms with Crippen molar-refractivity contribution in [1.29, 1.82) is 0 Å². The molecule has 0 fully saturated rings. The van der Waals surface area contributed by atoms with Crippen LogP contribution in [-0.4, -0.2) is 36.8 Å². The summed E-state index contributed by atoms with van der Waals surface area (Å²) in [6, 6.07) is 5.98. The molecule has 0 amide bonds. The fourth-order valence-electron chi connectivity index (χ4n) is 2.11. The van der Waals surface area contributed by atoms with Crippen LogP contribution in [0.5, 0.6) is 0 Å². The van der Waals surface area contributed by atoms with Crippen LogP contribution in [0.3, 0.4) is 0 Å². The number of nitrogens with zero attached hydrogens (tertiary/aromatic N) is 5. The molecule has 0 spiro atoms. The van der Waals surface area contributed by atoms with Crippen molar-refractivity contribution in [3.8, 4) is 0 Å². The van der Waals surface area contributed by atoms with Gasteiger partial charge in [-0.2, -0.15) is 9.97 Å². The highest BCUT2D eigenvalue weighted by molar-refractivity contribution is 7.60. The second-order valence-corrected chi connectivity index (χ2v) is 6.59. The summed E-state index contributed by atoms with van der Waals surface area (Å²) in [5.41, 5.74) is 12.4. The van der Waals surface area contributed by atoms with Gasteiger partial charge in [0.15, 0.2) is 22.8 Å². The number of rotatable bonds is 3. The van der Waals surface area contributed by atoms with Crippen LogP contribution in [0.15, 0.2) is 30.5 Å². The Kier molecular flexibility index (Phi) is 3.80. The van der Waals surface area contributed by atoms with Gasteiger partial charge < -0.3 is 26.2 Å². The van der Waals surface area contributed by atoms with Crippen LogP contribution in [-0.2, 0) is 4.57 Å². The van der Waals surface area contributed by atoms with E-state index in [0.717, 1.165) is 0 Å². The Hall–Kier alpha value is -2.81. The Balaban J connectivity index is 2.06. The molecule has 24 heavy (non-hydrogen) atoms. The van der Waals surface area contributed by atoms with E-state index in [1.165, 1.54) is 18.3 Å². The largest absolute Gasteiger partial charge is 0.382 e. The average Bonchev–Trinajstić information content (AvgIpc) is 2.53. The number of benzene rings is 1. The minimum Gasteiger partial charge on any atom is -0.382 e. The molecule has 0 aliphatic rings. The predicted octanol–water partition coefficient (Wildman–Crippen LogP) is 0.155. The van der Waals surface area contributed by atoms with Crippen molar-refractivity contribution in [2.75, 3.05) is 23.4 Å². The third kappa shape index (κ3) is 2.98. The molecular formula is C13H14N7O3P. The number of fused-ring (bicyclic) bond motifs is 1. The van der Waals surface area contributed by atoms with E-state index in [2.05, 4.69) is 19.9 Å². The molecule has 1 aromatic carbocycles. The van der Waals surface area contributed by atoms with Crippen LogP contribution in [0, 0.1) is 0 Å². The van der Waals surface area contributed by atoms with Gasteiger partial charge in [0.1, 0.15) is 0 Å². The normalized spacial score (nSPS) is 11.6. The van der Waals surface area contributed by atoms with Crippen molar-refractivity contribution in [3.63, 3.8) is 0 Å². The minimum atomic E-state index is -4.35. The molecule has 124 valence electrons. The zero-order chi connectivity index (χ0) is 17.5. The second kappa shape index (κ2) is 5.68. The Labute approximate surface area is 136 Å². The molecule has 0 aliphatic heterocycles. The first-order valence-corrected chi connectivity index (χ1v) is 8.32. The molecule has 0 saturated heterocycles. The third-order valence-corrected chi connectivity index (χ3v) is 4.29. The number of hydrogen-bond donors (Lipinski definition) is 4. The highest BCUT2D eigenvalue weighted by Crippen LogP contribution is 2.35. The number of nitrogen functional groups attached to an aromatic ring is 2. The fraction of sp³-hybridized carbons (Fsp3) is 0.0769. The molecule has 3 aromatic rings. The maximum atomic E-state index is 11.4. The monoisotopic (exact) mass is 347 g/mol. The van der Waals surface area contributed by atoms with Crippen LogP contribution in [0.25, 0.3) is 11.2 Å². The van der Waals surface area contributed by atoms with Gasteiger partial charge in [0, 0.05) is 12.7 Å². The van der Waals surface area contributed by atoms with Gasteiger partial charge in [-0.25, -0.2) is 9.97 Å². The molecule has 0 unspecified atom stereocenters. The van der Waals surface area contributed by atoms with Gasteiger partial charge in [-0.1, -0.05) is 6.07 Å². The van der Waals surface area contributed by atoms with Gasteiger partial charge in [0.25, 0.3) is 0 Å². The van der Waals surface area contributed by atoms with Crippen LogP contribution in [0.1, 0.15) is 0 Å². The lowest BCUT2D eigenvalue weighted by atomic mass is 10.3. The maximum absolute atomic E-state index is 11.4. The Bertz CT molecular complexity index is 975. The molecule has 0 aliphatic carbocycles. The third-order valence-electron chi connectivity index (χ3n) is 3.34. The first kappa shape index (κ1) is 16.1. The number of anilines is 4. The topological polar surface area (TPSA) is 164 Å². The van der Waals surface area contributed by atoms with Crippen LogP contribution < -0.4 is 21.7 Å². The van der Waals surface area contributed by atoms with Crippen molar-refractivity contribution < 1.29 is 14.4 Å². The lowest BCUT2D eigenvalue weighted by molar-refractivity contribution is 0.387. The minimum absolute atomic E-state index is 0.00440. The molecular weight excluding hydrogens is 333 g/mol. The molecule has 11 heteroatoms. The quantitative estimate of drug-likeness (QED) is 0.479. The fourth-order valence-corrected chi connectivity index (χ4v) is 2.69. The van der Waals surface area contributed by atoms with Gasteiger partial charge in [0.2, 0.25) is 5.95 Å². The van der Waals surface area contributed by atoms with E-state index in [1.54, 1.807) is 24.1 Å². The summed E-state index contributed by atoms with van der Waals surface area (Å²) < 4.78 is 11.4. The summed E-state index contributed by atoms with van der Waals surface area (Å²) in [6.45, 7) is 0. The lowest BCUT2D eigenvalue weighted by Gasteiger charge is -2.19. The van der Waals surface area contributed by atoms with Crippen LogP contribution in [0.2, 0.25) is 0 Å². The summed E-state index contributed by atoms with van der Waals surface area (Å²) in [7, 11) is -2.66. The standard InChI is InChI=1S/C13H14N7O3P/c1-20(7-3-2-4-8(5-7)24(21,22)23)9-6-16-12-10(17-9)11(14)18-13(15)19-12/h2-6H,1H3,(H2,21,22,23)(H4,14,15,16,18,19). The number of nitrogens with two attached hydrogens (primary N) is 2. The maximum Gasteiger partial charge on any atom is 0.356 e. The predicted molar refractivity (Wildman–Crippen MR) is 90.1 cm³/mol. The number of aromatic nitrogens is 4. The summed E-state index contributed by atoms with van der Waals surface area (Å²) in [5.74, 6) is 0.513. The summed E-state index contributed by atoms with van der Waals surface area (Å²) in [4.78, 5) is 36.5. The zero-order valence-corrected chi connectivity index (χ0v) is 13.4. The van der Waals surface area contributed by atoms with E-state index >= 15 is 0 Å². The molecule has 6 N–H and O–H groups in total. The molecule has 10 nitrogen and oxygen atoms in total. The van der Waals surface area contributed by atoms with E-state index in [-0.39, 0.29) is 22.7 Å². The van der Waals surface area contributed by atoms with Gasteiger partial charge >= 0.3 is 7.60 Å². The van der Waals surface area contributed by atoms with Gasteiger partial charge in [-0.05, 0) is 18.2 Å². The van der Waals surface area contributed by atoms with Gasteiger partial charge in [-0.3, -0.25) is 4.57 Å². The van der Waals surface area contributed by atoms with Gasteiger partial charge in [0.05, 0.1) is 11.5 Å². The van der Waals surface area contributed by atoms with E-state index in [9.17, 15) is 14.4 Å². The summed E-state index contributed by atoms with van der Waals surface area (Å²) in [5, 5.41) is -0.0868. The van der Waals surface area contributed by atoms with Crippen LogP contribution >= 0.6 is 7.60 Å². The molecule has 0 atom stereocenters. The van der Waals surface area contributed by atoms with Crippen molar-refractivity contribution >= 4 is 47.3 Å². The molecule has 3 rings (SSSR count). The van der Waals surface area contributed by atoms with Gasteiger partial charge in [-0.15, -0.1) is 0 Å². The van der Waals surface area contributed by atoms with E-state index in [0.29, 0.717) is 17.0 Å². The van der Waals surface area contributed by atoms with Crippen molar-refractivity contribution in [2.45, 2.75) is 0 Å². The second-order valence-electron chi connectivity index (χ2n) is 4.99. The first-order valence-electron chi connectivity index (χ1n) is 6.71. The highest BCUT2D eigenvalue weighted by Gasteiger charge is 2.18. The van der Waals surface area contributed by atoms with Crippen molar-refractivity contribution in [2.24, 2.45) is 0 Å². The van der Waals surface area contributed by atoms with E-state index in [1.807, 2.05) is 0 Å². The molecule has 0 bridgehead atoms. The summed E-state index contributed by atoms with van der Waals surface area (Å²) in [6.07, 6.45) is 1.46. The van der Waals surface area contributed by atoms with Crippen LogP contribution in [0.4, 0.5) is 23.3 Å². The van der Waals surface area contributed by atoms with E-state index < -0.39 is 7.60 Å². The smallest absolute Gasteiger partial charge is 0.356 e. The molecule has 0 saturated carbocycles.